The van der Waals surface area contributed by atoms with Crippen LogP contribution in [0.15, 0.2) is 18.2 Å². The van der Waals surface area contributed by atoms with Crippen molar-refractivity contribution >= 4 is 11.6 Å². The van der Waals surface area contributed by atoms with Gasteiger partial charge in [-0.15, -0.1) is 0 Å². The molecule has 1 unspecified atom stereocenters. The first-order chi connectivity index (χ1) is 5.65. The van der Waals surface area contributed by atoms with Gasteiger partial charge in [-0.05, 0) is 17.7 Å². The topological polar surface area (TPSA) is 0 Å². The van der Waals surface area contributed by atoms with E-state index < -0.39 is 12.5 Å². The van der Waals surface area contributed by atoms with E-state index in [-0.39, 0.29) is 10.9 Å². The number of hydrogen-bond donors (Lipinski definition) is 0. The number of rotatable bonds is 2. The summed E-state index contributed by atoms with van der Waals surface area (Å²) in [5.74, 6) is -0.758. The van der Waals surface area contributed by atoms with Crippen LogP contribution in [-0.2, 0) is 0 Å². The molecule has 3 heteroatoms. The van der Waals surface area contributed by atoms with Gasteiger partial charge in [0.1, 0.15) is 5.82 Å². The summed E-state index contributed by atoms with van der Waals surface area (Å²) in [5.41, 5.74) is 0.638. The predicted molar refractivity (Wildman–Crippen MR) is 45.8 cm³/mol. The van der Waals surface area contributed by atoms with Crippen molar-refractivity contribution in [1.29, 1.82) is 0 Å². The maximum absolute atomic E-state index is 12.8. The van der Waals surface area contributed by atoms with Crippen molar-refractivity contribution in [3.05, 3.63) is 34.6 Å². The minimum Gasteiger partial charge on any atom is -0.250 e. The first-order valence-corrected chi connectivity index (χ1v) is 4.04. The summed E-state index contributed by atoms with van der Waals surface area (Å²) in [6.07, 6.45) is 0. The monoisotopic (exact) mass is 190 g/mol. The highest BCUT2D eigenvalue weighted by Crippen LogP contribution is 2.21. The standard InChI is InChI=1S/C9H9ClF2/c1-6(5-11)7-2-3-8(10)9(12)4-7/h2-4,6H,5H2,1H3. The fraction of sp³-hybridized carbons (Fsp3) is 0.333. The molecule has 0 amide bonds. The van der Waals surface area contributed by atoms with Gasteiger partial charge in [0.25, 0.3) is 0 Å². The number of benzene rings is 1. The maximum Gasteiger partial charge on any atom is 0.142 e. The van der Waals surface area contributed by atoms with Gasteiger partial charge < -0.3 is 0 Å². The summed E-state index contributed by atoms with van der Waals surface area (Å²) in [6.45, 7) is 1.21. The lowest BCUT2D eigenvalue weighted by Gasteiger charge is -2.06. The zero-order valence-corrected chi connectivity index (χ0v) is 7.41. The van der Waals surface area contributed by atoms with Crippen molar-refractivity contribution in [3.63, 3.8) is 0 Å². The Morgan fingerprint density at radius 2 is 2.17 bits per heavy atom. The van der Waals surface area contributed by atoms with Gasteiger partial charge in [0.2, 0.25) is 0 Å². The van der Waals surface area contributed by atoms with Crippen LogP contribution in [0.4, 0.5) is 8.78 Å². The molecule has 0 nitrogen and oxygen atoms in total. The van der Waals surface area contributed by atoms with Crippen LogP contribution in [0.5, 0.6) is 0 Å². The van der Waals surface area contributed by atoms with Crippen LogP contribution in [-0.4, -0.2) is 6.67 Å². The molecule has 0 heterocycles. The molecule has 1 rings (SSSR count). The van der Waals surface area contributed by atoms with Crippen LogP contribution in [0.2, 0.25) is 5.02 Å². The first-order valence-electron chi connectivity index (χ1n) is 3.66. The van der Waals surface area contributed by atoms with Crippen molar-refractivity contribution in [2.75, 3.05) is 6.67 Å². The van der Waals surface area contributed by atoms with Crippen molar-refractivity contribution in [1.82, 2.24) is 0 Å². The van der Waals surface area contributed by atoms with Gasteiger partial charge in [0.15, 0.2) is 0 Å². The SMILES string of the molecule is CC(CF)c1ccc(Cl)c(F)c1. The summed E-state index contributed by atoms with van der Waals surface area (Å²) in [5, 5.41) is 0.0739. The number of halogens is 3. The molecule has 0 fully saturated rings. The Hall–Kier alpha value is -0.630. The minimum atomic E-state index is -0.491. The van der Waals surface area contributed by atoms with Gasteiger partial charge in [-0.2, -0.15) is 0 Å². The predicted octanol–water partition coefficient (Wildman–Crippen LogP) is 3.55. The zero-order chi connectivity index (χ0) is 9.14. The molecule has 0 spiro atoms. The third kappa shape index (κ3) is 1.95. The molecule has 1 aromatic carbocycles. The van der Waals surface area contributed by atoms with E-state index in [9.17, 15) is 8.78 Å². The molecule has 0 aromatic heterocycles. The lowest BCUT2D eigenvalue weighted by Crippen LogP contribution is -1.95. The lowest BCUT2D eigenvalue weighted by atomic mass is 10.0. The number of alkyl halides is 1. The molecule has 0 N–H and O–H groups in total. The van der Waals surface area contributed by atoms with Crippen LogP contribution in [0.3, 0.4) is 0 Å². The molecule has 0 saturated heterocycles. The van der Waals surface area contributed by atoms with Gasteiger partial charge in [0, 0.05) is 5.92 Å². The normalized spacial score (nSPS) is 13.0. The van der Waals surface area contributed by atoms with Crippen molar-refractivity contribution < 1.29 is 8.78 Å². The molecule has 1 atom stereocenters. The van der Waals surface area contributed by atoms with E-state index in [0.717, 1.165) is 0 Å². The molecule has 0 saturated carbocycles. The smallest absolute Gasteiger partial charge is 0.142 e. The Morgan fingerprint density at radius 3 is 2.67 bits per heavy atom. The van der Waals surface area contributed by atoms with Gasteiger partial charge in [-0.3, -0.25) is 4.39 Å². The molecule has 0 radical (unpaired) electrons. The fourth-order valence-corrected chi connectivity index (χ4v) is 1.03. The highest BCUT2D eigenvalue weighted by Gasteiger charge is 2.07. The summed E-state index contributed by atoms with van der Waals surface area (Å²) in [6, 6.07) is 4.35. The second kappa shape index (κ2) is 3.85. The Kier molecular flexibility index (Phi) is 3.04. The molecular weight excluding hydrogens is 182 g/mol. The molecule has 0 aliphatic rings. The fourth-order valence-electron chi connectivity index (χ4n) is 0.908. The van der Waals surface area contributed by atoms with Crippen LogP contribution < -0.4 is 0 Å². The Balaban J connectivity index is 2.96. The summed E-state index contributed by atoms with van der Waals surface area (Å²) in [4.78, 5) is 0. The summed E-state index contributed by atoms with van der Waals surface area (Å²) in [7, 11) is 0. The van der Waals surface area contributed by atoms with Gasteiger partial charge >= 0.3 is 0 Å². The lowest BCUT2D eigenvalue weighted by molar-refractivity contribution is 0.446. The molecular formula is C9H9ClF2. The molecule has 12 heavy (non-hydrogen) atoms. The Morgan fingerprint density at radius 1 is 1.50 bits per heavy atom. The maximum atomic E-state index is 12.8. The van der Waals surface area contributed by atoms with Gasteiger partial charge in [-0.25, -0.2) is 4.39 Å². The van der Waals surface area contributed by atoms with E-state index in [1.807, 2.05) is 0 Å². The van der Waals surface area contributed by atoms with Crippen molar-refractivity contribution in [2.45, 2.75) is 12.8 Å². The van der Waals surface area contributed by atoms with E-state index in [1.165, 1.54) is 12.1 Å². The van der Waals surface area contributed by atoms with Gasteiger partial charge in [-0.1, -0.05) is 24.6 Å². The second-order valence-electron chi connectivity index (χ2n) is 2.73. The summed E-state index contributed by atoms with van der Waals surface area (Å²) < 4.78 is 25.0. The van der Waals surface area contributed by atoms with E-state index in [2.05, 4.69) is 0 Å². The van der Waals surface area contributed by atoms with Crippen molar-refractivity contribution in [3.8, 4) is 0 Å². The zero-order valence-electron chi connectivity index (χ0n) is 6.65. The first kappa shape index (κ1) is 9.46. The average molecular weight is 191 g/mol. The third-order valence-electron chi connectivity index (χ3n) is 1.74. The van der Waals surface area contributed by atoms with E-state index >= 15 is 0 Å². The molecule has 0 bridgehead atoms. The quantitative estimate of drug-likeness (QED) is 0.669. The molecule has 0 aliphatic heterocycles. The second-order valence-corrected chi connectivity index (χ2v) is 3.14. The van der Waals surface area contributed by atoms with E-state index in [4.69, 9.17) is 11.6 Å². The third-order valence-corrected chi connectivity index (χ3v) is 2.05. The molecule has 1 aromatic rings. The van der Waals surface area contributed by atoms with E-state index in [0.29, 0.717) is 5.56 Å². The highest BCUT2D eigenvalue weighted by molar-refractivity contribution is 6.30. The Labute approximate surface area is 75.2 Å². The van der Waals surface area contributed by atoms with Crippen molar-refractivity contribution in [2.24, 2.45) is 0 Å². The molecule has 66 valence electrons. The minimum absolute atomic E-state index is 0.0739. The van der Waals surface area contributed by atoms with E-state index in [1.54, 1.807) is 13.0 Å². The highest BCUT2D eigenvalue weighted by atomic mass is 35.5. The van der Waals surface area contributed by atoms with Crippen LogP contribution in [0.25, 0.3) is 0 Å². The molecule has 0 aliphatic carbocycles. The van der Waals surface area contributed by atoms with Crippen LogP contribution >= 0.6 is 11.6 Å². The number of hydrogen-bond acceptors (Lipinski definition) is 0. The average Bonchev–Trinajstić information content (AvgIpc) is 2.08. The summed E-state index contributed by atoms with van der Waals surface area (Å²) >= 11 is 5.46. The Bertz CT molecular complexity index is 273. The largest absolute Gasteiger partial charge is 0.250 e. The van der Waals surface area contributed by atoms with Crippen LogP contribution in [0.1, 0.15) is 18.4 Å². The van der Waals surface area contributed by atoms with Gasteiger partial charge in [0.05, 0.1) is 11.7 Å². The van der Waals surface area contributed by atoms with Crippen LogP contribution in [0, 0.1) is 5.82 Å².